The highest BCUT2D eigenvalue weighted by Crippen LogP contribution is 2.68. The Bertz CT molecular complexity index is 1000. The van der Waals surface area contributed by atoms with Crippen LogP contribution in [-0.4, -0.2) is 28.9 Å². The van der Waals surface area contributed by atoms with E-state index in [1.807, 2.05) is 6.92 Å². The average Bonchev–Trinajstić information content (AvgIpc) is 3.13. The Morgan fingerprint density at radius 1 is 1.06 bits per heavy atom. The van der Waals surface area contributed by atoms with E-state index in [9.17, 15) is 14.3 Å². The molecule has 4 aliphatic rings. The van der Waals surface area contributed by atoms with Crippen molar-refractivity contribution in [1.29, 1.82) is 0 Å². The zero-order valence-electron chi connectivity index (χ0n) is 21.7. The maximum Gasteiger partial charge on any atom is 0.169 e. The molecule has 7 atom stereocenters. The molecule has 1 N–H and O–H groups in total. The van der Waals surface area contributed by atoms with Gasteiger partial charge in [-0.25, -0.2) is 4.39 Å². The van der Waals surface area contributed by atoms with Crippen molar-refractivity contribution in [2.24, 2.45) is 28.6 Å². The monoisotopic (exact) mass is 484 g/mol. The van der Waals surface area contributed by atoms with Crippen LogP contribution in [0.4, 0.5) is 4.39 Å². The molecule has 35 heavy (non-hydrogen) atoms. The summed E-state index contributed by atoms with van der Waals surface area (Å²) in [5.74, 6) is 0.350. The van der Waals surface area contributed by atoms with Crippen LogP contribution in [0.25, 0.3) is 0 Å². The number of benzene rings is 1. The van der Waals surface area contributed by atoms with Gasteiger partial charge in [-0.15, -0.1) is 0 Å². The molecule has 0 saturated heterocycles. The summed E-state index contributed by atoms with van der Waals surface area (Å²) < 4.78 is 25.6. The fraction of sp³-hybridized carbons (Fsp3) is 0.700. The van der Waals surface area contributed by atoms with Crippen LogP contribution < -0.4 is 0 Å². The van der Waals surface area contributed by atoms with Crippen molar-refractivity contribution < 1.29 is 23.8 Å². The van der Waals surface area contributed by atoms with Gasteiger partial charge in [0.2, 0.25) is 0 Å². The minimum Gasteiger partial charge on any atom is -0.367 e. The molecule has 5 rings (SSSR count). The van der Waals surface area contributed by atoms with Crippen LogP contribution in [0, 0.1) is 34.4 Å². The van der Waals surface area contributed by atoms with Gasteiger partial charge in [0.25, 0.3) is 0 Å². The first kappa shape index (κ1) is 25.1. The molecule has 3 fully saturated rings. The second-order valence-electron chi connectivity index (χ2n) is 12.1. The summed E-state index contributed by atoms with van der Waals surface area (Å²) in [6.45, 7) is 9.30. The van der Waals surface area contributed by atoms with E-state index in [1.54, 1.807) is 19.1 Å². The molecule has 0 spiro atoms. The normalized spacial score (nSPS) is 42.6. The molecule has 4 nitrogen and oxygen atoms in total. The number of carbonyl (C=O) groups is 1. The zero-order valence-corrected chi connectivity index (χ0v) is 21.7. The standard InChI is InChI=1S/C30H41FO4/c1-5-34-30(20(2)32)15-13-26-24-11-8-22-18-29(33,35-19-21-6-9-23(31)10-7-21)17-16-27(22,3)25(24)12-14-28(26,30)4/h6-10,24-26,33H,5,11-19H2,1-4H3/t24-,25+,26+,27+,28+,29?,30+/m1/s1. The molecule has 3 saturated carbocycles. The Morgan fingerprint density at radius 2 is 1.77 bits per heavy atom. The molecule has 0 heterocycles. The summed E-state index contributed by atoms with van der Waals surface area (Å²) in [5, 5.41) is 11.3. The van der Waals surface area contributed by atoms with Gasteiger partial charge < -0.3 is 14.6 Å². The highest BCUT2D eigenvalue weighted by Gasteiger charge is 2.66. The lowest BCUT2D eigenvalue weighted by atomic mass is 9.46. The van der Waals surface area contributed by atoms with Crippen molar-refractivity contribution >= 4 is 5.78 Å². The molecule has 0 bridgehead atoms. The average molecular weight is 485 g/mol. The molecule has 4 aliphatic carbocycles. The van der Waals surface area contributed by atoms with Crippen molar-refractivity contribution in [3.63, 3.8) is 0 Å². The molecule has 0 aliphatic heterocycles. The predicted octanol–water partition coefficient (Wildman–Crippen LogP) is 6.36. The first-order valence-corrected chi connectivity index (χ1v) is 13.5. The van der Waals surface area contributed by atoms with Crippen LogP contribution in [-0.2, 0) is 20.9 Å². The number of carbonyl (C=O) groups excluding carboxylic acids is 1. The lowest BCUT2D eigenvalue weighted by molar-refractivity contribution is -0.232. The Balaban J connectivity index is 1.35. The molecule has 0 aromatic heterocycles. The molecule has 5 heteroatoms. The van der Waals surface area contributed by atoms with E-state index in [0.29, 0.717) is 37.2 Å². The number of allylic oxidation sites excluding steroid dienone is 1. The van der Waals surface area contributed by atoms with Crippen molar-refractivity contribution in [3.8, 4) is 0 Å². The summed E-state index contributed by atoms with van der Waals surface area (Å²) in [6, 6.07) is 6.27. The van der Waals surface area contributed by atoms with Crippen LogP contribution in [0.3, 0.4) is 0 Å². The van der Waals surface area contributed by atoms with Crippen LogP contribution >= 0.6 is 0 Å². The first-order chi connectivity index (χ1) is 16.6. The fourth-order valence-corrected chi connectivity index (χ4v) is 8.70. The number of aliphatic hydroxyl groups is 1. The lowest BCUT2D eigenvalue weighted by Gasteiger charge is -2.60. The largest absolute Gasteiger partial charge is 0.367 e. The fourth-order valence-electron chi connectivity index (χ4n) is 8.70. The van der Waals surface area contributed by atoms with E-state index in [0.717, 1.165) is 44.1 Å². The van der Waals surface area contributed by atoms with Gasteiger partial charge in [0.05, 0.1) is 6.61 Å². The van der Waals surface area contributed by atoms with Gasteiger partial charge in [0, 0.05) is 24.9 Å². The highest BCUT2D eigenvalue weighted by molar-refractivity contribution is 5.86. The number of ether oxygens (including phenoxy) is 2. The molecule has 1 unspecified atom stereocenters. The molecule has 0 amide bonds. The second-order valence-corrected chi connectivity index (χ2v) is 12.1. The molecule has 192 valence electrons. The van der Waals surface area contributed by atoms with E-state index in [4.69, 9.17) is 9.47 Å². The quantitative estimate of drug-likeness (QED) is 0.377. The minimum absolute atomic E-state index is 0.0583. The molecule has 1 aromatic carbocycles. The maximum absolute atomic E-state index is 13.2. The van der Waals surface area contributed by atoms with Crippen LogP contribution in [0.15, 0.2) is 35.9 Å². The highest BCUT2D eigenvalue weighted by atomic mass is 19.1. The summed E-state index contributed by atoms with van der Waals surface area (Å²) in [7, 11) is 0. The van der Waals surface area contributed by atoms with E-state index in [1.165, 1.54) is 17.7 Å². The van der Waals surface area contributed by atoms with Crippen LogP contribution in [0.5, 0.6) is 0 Å². The second kappa shape index (κ2) is 8.78. The number of fused-ring (bicyclic) bond motifs is 5. The third-order valence-corrected chi connectivity index (χ3v) is 10.6. The number of hydrogen-bond acceptors (Lipinski definition) is 4. The SMILES string of the molecule is CCO[C@]1(C(C)=O)CC[C@H]2[C@@H]3CC=C4CC(O)(OCc5ccc(F)cc5)CC[C@]4(C)[C@H]3CC[C@@]21C. The van der Waals surface area contributed by atoms with Gasteiger partial charge >= 0.3 is 0 Å². The number of Topliss-reactive ketones (excluding diaryl/α,β-unsaturated/α-hetero) is 1. The number of ketones is 1. The third-order valence-electron chi connectivity index (χ3n) is 10.6. The smallest absolute Gasteiger partial charge is 0.169 e. The molecular weight excluding hydrogens is 443 g/mol. The van der Waals surface area contributed by atoms with Gasteiger partial charge in [0.1, 0.15) is 11.4 Å². The van der Waals surface area contributed by atoms with E-state index in [2.05, 4.69) is 19.9 Å². The van der Waals surface area contributed by atoms with Crippen molar-refractivity contribution in [1.82, 2.24) is 0 Å². The van der Waals surface area contributed by atoms with Gasteiger partial charge in [-0.1, -0.05) is 37.6 Å². The Morgan fingerprint density at radius 3 is 2.46 bits per heavy atom. The predicted molar refractivity (Wildman–Crippen MR) is 133 cm³/mol. The Hall–Kier alpha value is -1.56. The van der Waals surface area contributed by atoms with Gasteiger partial charge in [-0.2, -0.15) is 0 Å². The van der Waals surface area contributed by atoms with E-state index >= 15 is 0 Å². The van der Waals surface area contributed by atoms with Gasteiger partial charge in [-0.05, 0) is 93.2 Å². The zero-order chi connectivity index (χ0) is 25.1. The Labute approximate surface area is 209 Å². The van der Waals surface area contributed by atoms with E-state index in [-0.39, 0.29) is 29.0 Å². The van der Waals surface area contributed by atoms with Crippen molar-refractivity contribution in [3.05, 3.63) is 47.3 Å². The number of halogens is 1. The molecular formula is C30H41FO4. The van der Waals surface area contributed by atoms with Crippen LogP contribution in [0.1, 0.15) is 84.6 Å². The summed E-state index contributed by atoms with van der Waals surface area (Å²) in [4.78, 5) is 12.9. The lowest BCUT2D eigenvalue weighted by Crippen LogP contribution is -2.58. The van der Waals surface area contributed by atoms with Gasteiger partial charge in [-0.3, -0.25) is 4.79 Å². The summed E-state index contributed by atoms with van der Waals surface area (Å²) in [6.07, 6.45) is 9.43. The topological polar surface area (TPSA) is 55.8 Å². The first-order valence-electron chi connectivity index (χ1n) is 13.5. The summed E-state index contributed by atoms with van der Waals surface area (Å²) in [5.41, 5.74) is 1.51. The maximum atomic E-state index is 13.2. The number of rotatable bonds is 6. The minimum atomic E-state index is -1.18. The Kier molecular flexibility index (Phi) is 6.30. The van der Waals surface area contributed by atoms with Crippen molar-refractivity contribution in [2.45, 2.75) is 97.1 Å². The number of hydrogen-bond donors (Lipinski definition) is 1. The molecule has 1 aromatic rings. The van der Waals surface area contributed by atoms with E-state index < -0.39 is 11.4 Å². The summed E-state index contributed by atoms with van der Waals surface area (Å²) >= 11 is 0. The molecule has 0 radical (unpaired) electrons. The van der Waals surface area contributed by atoms with Crippen LogP contribution in [0.2, 0.25) is 0 Å². The van der Waals surface area contributed by atoms with Gasteiger partial charge in [0.15, 0.2) is 11.6 Å². The third kappa shape index (κ3) is 3.84. The van der Waals surface area contributed by atoms with Crippen molar-refractivity contribution in [2.75, 3.05) is 6.61 Å².